The molecule has 0 bridgehead atoms. The van der Waals surface area contributed by atoms with Crippen LogP contribution in [0.4, 0.5) is 10.6 Å². The second-order valence-electron chi connectivity index (χ2n) is 5.83. The van der Waals surface area contributed by atoms with E-state index in [0.29, 0.717) is 13.2 Å². The Kier molecular flexibility index (Phi) is 4.50. The highest BCUT2D eigenvalue weighted by Crippen LogP contribution is 2.24. The average molecular weight is 314 g/mol. The molecule has 0 saturated carbocycles. The molecule has 2 heterocycles. The van der Waals surface area contributed by atoms with Gasteiger partial charge in [0.15, 0.2) is 5.82 Å². The largest absolute Gasteiger partial charge is 0.448 e. The van der Waals surface area contributed by atoms with Crippen molar-refractivity contribution in [3.63, 3.8) is 0 Å². The minimum atomic E-state index is -0.200. The number of H-pyrrole nitrogens is 1. The number of aromatic amines is 1. The summed E-state index contributed by atoms with van der Waals surface area (Å²) in [6.07, 6.45) is 0.687. The zero-order valence-corrected chi connectivity index (χ0v) is 13.6. The molecule has 122 valence electrons. The number of cyclic esters (lactones) is 1. The van der Waals surface area contributed by atoms with Gasteiger partial charge in [-0.25, -0.2) is 4.79 Å². The third-order valence-electron chi connectivity index (χ3n) is 4.16. The van der Waals surface area contributed by atoms with E-state index in [9.17, 15) is 4.79 Å². The van der Waals surface area contributed by atoms with E-state index in [4.69, 9.17) is 4.74 Å². The first-order chi connectivity index (χ1) is 11.1. The van der Waals surface area contributed by atoms with E-state index in [1.54, 1.807) is 4.90 Å². The topological polar surface area (TPSA) is 61.5 Å². The van der Waals surface area contributed by atoms with Crippen molar-refractivity contribution in [1.29, 1.82) is 0 Å². The number of carbonyl (C=O) groups excluding carboxylic acids is 1. The van der Waals surface area contributed by atoms with Gasteiger partial charge in [-0.3, -0.25) is 5.10 Å². The minimum Gasteiger partial charge on any atom is -0.448 e. The van der Waals surface area contributed by atoms with Crippen LogP contribution in [0.5, 0.6) is 0 Å². The van der Waals surface area contributed by atoms with E-state index >= 15 is 0 Å². The van der Waals surface area contributed by atoms with E-state index in [0.717, 1.165) is 31.0 Å². The van der Waals surface area contributed by atoms with Gasteiger partial charge in [0.1, 0.15) is 6.61 Å². The van der Waals surface area contributed by atoms with E-state index in [1.807, 2.05) is 19.2 Å². The number of hydrogen-bond acceptors (Lipinski definition) is 4. The molecule has 6 nitrogen and oxygen atoms in total. The minimum absolute atomic E-state index is 0.200. The summed E-state index contributed by atoms with van der Waals surface area (Å²) in [5.41, 5.74) is 3.41. The van der Waals surface area contributed by atoms with E-state index in [1.165, 1.54) is 11.1 Å². The highest BCUT2D eigenvalue weighted by molar-refractivity contribution is 5.69. The van der Waals surface area contributed by atoms with Crippen molar-refractivity contribution in [3.05, 3.63) is 35.9 Å². The van der Waals surface area contributed by atoms with Gasteiger partial charge in [0.25, 0.3) is 0 Å². The molecule has 2 aromatic rings. The van der Waals surface area contributed by atoms with Crippen molar-refractivity contribution in [2.45, 2.75) is 13.3 Å². The van der Waals surface area contributed by atoms with Gasteiger partial charge in [-0.05, 0) is 18.9 Å². The Balaban J connectivity index is 1.57. The Morgan fingerprint density at radius 1 is 1.39 bits per heavy atom. The van der Waals surface area contributed by atoms with Gasteiger partial charge in [0.05, 0.1) is 12.2 Å². The molecule has 0 spiro atoms. The number of anilines is 1. The summed E-state index contributed by atoms with van der Waals surface area (Å²) in [5.74, 6) is 0.909. The van der Waals surface area contributed by atoms with Crippen molar-refractivity contribution in [1.82, 2.24) is 15.1 Å². The van der Waals surface area contributed by atoms with Crippen molar-refractivity contribution in [2.75, 3.05) is 38.2 Å². The summed E-state index contributed by atoms with van der Waals surface area (Å²) in [5, 5.41) is 7.50. The van der Waals surface area contributed by atoms with Gasteiger partial charge in [0, 0.05) is 31.8 Å². The summed E-state index contributed by atoms with van der Waals surface area (Å²) in [7, 11) is 2.01. The fourth-order valence-electron chi connectivity index (χ4n) is 2.76. The second kappa shape index (κ2) is 6.73. The normalized spacial score (nSPS) is 14.2. The first-order valence-electron chi connectivity index (χ1n) is 7.89. The highest BCUT2D eigenvalue weighted by Gasteiger charge is 2.21. The molecule has 0 aliphatic carbocycles. The molecule has 1 fully saturated rings. The molecule has 1 aromatic heterocycles. The first kappa shape index (κ1) is 15.4. The number of aryl methyl sites for hydroxylation is 1. The first-order valence-corrected chi connectivity index (χ1v) is 7.89. The average Bonchev–Trinajstić information content (AvgIpc) is 3.17. The molecule has 1 aliphatic heterocycles. The van der Waals surface area contributed by atoms with E-state index in [2.05, 4.69) is 40.2 Å². The van der Waals surface area contributed by atoms with Crippen molar-refractivity contribution < 1.29 is 9.53 Å². The van der Waals surface area contributed by atoms with Crippen LogP contribution in [0.25, 0.3) is 11.3 Å². The second-order valence-corrected chi connectivity index (χ2v) is 5.83. The van der Waals surface area contributed by atoms with Crippen LogP contribution in [0.2, 0.25) is 0 Å². The predicted octanol–water partition coefficient (Wildman–Crippen LogP) is 2.66. The van der Waals surface area contributed by atoms with E-state index in [-0.39, 0.29) is 6.09 Å². The highest BCUT2D eigenvalue weighted by atomic mass is 16.6. The summed E-state index contributed by atoms with van der Waals surface area (Å²) in [6.45, 7) is 4.85. The molecule has 0 atom stereocenters. The van der Waals surface area contributed by atoms with Crippen LogP contribution < -0.4 is 4.90 Å². The maximum atomic E-state index is 11.4. The van der Waals surface area contributed by atoms with Crippen molar-refractivity contribution in [2.24, 2.45) is 0 Å². The lowest BCUT2D eigenvalue weighted by Gasteiger charge is -2.18. The number of aromatic nitrogens is 2. The Bertz CT molecular complexity index is 683. The molecule has 1 saturated heterocycles. The Labute approximate surface area is 136 Å². The number of nitrogens with zero attached hydrogens (tertiary/aromatic N) is 3. The monoisotopic (exact) mass is 314 g/mol. The Morgan fingerprint density at radius 3 is 2.96 bits per heavy atom. The van der Waals surface area contributed by atoms with Crippen molar-refractivity contribution >= 4 is 11.9 Å². The fourth-order valence-corrected chi connectivity index (χ4v) is 2.76. The number of benzene rings is 1. The van der Waals surface area contributed by atoms with Crippen LogP contribution >= 0.6 is 0 Å². The summed E-state index contributed by atoms with van der Waals surface area (Å²) in [4.78, 5) is 15.2. The lowest BCUT2D eigenvalue weighted by atomic mass is 10.1. The lowest BCUT2D eigenvalue weighted by molar-refractivity contribution is 0.158. The molecule has 1 N–H and O–H groups in total. The number of ether oxygens (including phenoxy) is 1. The molecular weight excluding hydrogens is 292 g/mol. The zero-order chi connectivity index (χ0) is 16.2. The van der Waals surface area contributed by atoms with E-state index < -0.39 is 0 Å². The van der Waals surface area contributed by atoms with Crippen LogP contribution in [-0.2, 0) is 4.74 Å². The molecule has 0 unspecified atom stereocenters. The summed E-state index contributed by atoms with van der Waals surface area (Å²) in [6, 6.07) is 10.3. The number of amides is 1. The van der Waals surface area contributed by atoms with Gasteiger partial charge in [-0.1, -0.05) is 24.3 Å². The maximum Gasteiger partial charge on any atom is 0.409 e. The molecule has 0 radical (unpaired) electrons. The van der Waals surface area contributed by atoms with Crippen molar-refractivity contribution in [3.8, 4) is 11.3 Å². The van der Waals surface area contributed by atoms with Gasteiger partial charge in [0.2, 0.25) is 0 Å². The molecule has 6 heteroatoms. The quantitative estimate of drug-likeness (QED) is 0.890. The fraction of sp³-hybridized carbons (Fsp3) is 0.412. The molecule has 3 rings (SSSR count). The SMILES string of the molecule is Cc1ccccc1-c1cc(N(C)CCCN2CCOC2=O)n[nH]1. The third kappa shape index (κ3) is 3.47. The smallest absolute Gasteiger partial charge is 0.409 e. The number of rotatable bonds is 6. The summed E-state index contributed by atoms with van der Waals surface area (Å²) >= 11 is 0. The standard InChI is InChI=1S/C17H22N4O2/c1-13-6-3-4-7-14(13)15-12-16(19-18-15)20(2)8-5-9-21-10-11-23-17(21)22/h3-4,6-7,12H,5,8-11H2,1-2H3,(H,18,19). The van der Waals surface area contributed by atoms with Crippen LogP contribution in [-0.4, -0.2) is 54.5 Å². The number of carbonyl (C=O) groups is 1. The molecule has 1 aliphatic rings. The number of hydrogen-bond donors (Lipinski definition) is 1. The molecule has 1 aromatic carbocycles. The number of nitrogens with one attached hydrogen (secondary N) is 1. The van der Waals surface area contributed by atoms with Crippen LogP contribution in [0, 0.1) is 6.92 Å². The van der Waals surface area contributed by atoms with Crippen LogP contribution in [0.15, 0.2) is 30.3 Å². The zero-order valence-electron chi connectivity index (χ0n) is 13.6. The molecule has 1 amide bonds. The molecular formula is C17H22N4O2. The Morgan fingerprint density at radius 2 is 2.22 bits per heavy atom. The molecule has 23 heavy (non-hydrogen) atoms. The van der Waals surface area contributed by atoms with Gasteiger partial charge >= 0.3 is 6.09 Å². The summed E-state index contributed by atoms with van der Waals surface area (Å²) < 4.78 is 4.93. The van der Waals surface area contributed by atoms with Gasteiger partial charge < -0.3 is 14.5 Å². The van der Waals surface area contributed by atoms with Crippen LogP contribution in [0.3, 0.4) is 0 Å². The maximum absolute atomic E-state index is 11.4. The third-order valence-corrected chi connectivity index (χ3v) is 4.16. The van der Waals surface area contributed by atoms with Crippen LogP contribution in [0.1, 0.15) is 12.0 Å². The predicted molar refractivity (Wildman–Crippen MR) is 89.6 cm³/mol. The van der Waals surface area contributed by atoms with Gasteiger partial charge in [-0.2, -0.15) is 5.10 Å². The Hall–Kier alpha value is -2.50. The van der Waals surface area contributed by atoms with Gasteiger partial charge in [-0.15, -0.1) is 0 Å². The lowest BCUT2D eigenvalue weighted by Crippen LogP contribution is -2.29.